The van der Waals surface area contributed by atoms with Crippen LogP contribution in [0.2, 0.25) is 0 Å². The minimum absolute atomic E-state index is 0.163. The van der Waals surface area contributed by atoms with Crippen molar-refractivity contribution in [2.24, 2.45) is 5.73 Å². The zero-order chi connectivity index (χ0) is 15.4. The Labute approximate surface area is 119 Å². The van der Waals surface area contributed by atoms with E-state index in [2.05, 4.69) is 10.0 Å². The molecule has 1 rings (SSSR count). The lowest BCUT2D eigenvalue weighted by molar-refractivity contribution is -0.117. The molecule has 1 amide bonds. The topological polar surface area (TPSA) is 101 Å². The average Bonchev–Trinajstić information content (AvgIpc) is 2.26. The molecule has 0 fully saturated rings. The van der Waals surface area contributed by atoms with Crippen molar-refractivity contribution < 1.29 is 13.2 Å². The van der Waals surface area contributed by atoms with Gasteiger partial charge in [0.1, 0.15) is 0 Å². The smallest absolute Gasteiger partial charge is 0.240 e. The van der Waals surface area contributed by atoms with Crippen LogP contribution in [0.25, 0.3) is 0 Å². The van der Waals surface area contributed by atoms with Gasteiger partial charge in [-0.05, 0) is 38.1 Å². The lowest BCUT2D eigenvalue weighted by atomic mass is 10.0. The van der Waals surface area contributed by atoms with Crippen molar-refractivity contribution in [2.45, 2.75) is 37.6 Å². The standard InChI is InChI=1S/C13H21N3O3S/c1-4-15-20(18,19)11-7-5-10(6-8-11)16-12(17)9-13(2,3)14/h5-8,15H,4,9,14H2,1-3H3,(H,16,17). The molecule has 0 saturated carbocycles. The average molecular weight is 299 g/mol. The van der Waals surface area contributed by atoms with Gasteiger partial charge in [0.15, 0.2) is 0 Å². The molecule has 1 aromatic carbocycles. The molecular formula is C13H21N3O3S. The van der Waals surface area contributed by atoms with Crippen LogP contribution in [0.4, 0.5) is 5.69 Å². The Morgan fingerprint density at radius 3 is 2.25 bits per heavy atom. The summed E-state index contributed by atoms with van der Waals surface area (Å²) in [5.41, 5.74) is 5.71. The second-order valence-electron chi connectivity index (χ2n) is 5.24. The van der Waals surface area contributed by atoms with Gasteiger partial charge in [0.2, 0.25) is 15.9 Å². The van der Waals surface area contributed by atoms with Gasteiger partial charge in [0.25, 0.3) is 0 Å². The summed E-state index contributed by atoms with van der Waals surface area (Å²) in [6, 6.07) is 5.99. The molecule has 0 aliphatic carbocycles. The lowest BCUT2D eigenvalue weighted by Crippen LogP contribution is -2.36. The Morgan fingerprint density at radius 1 is 1.25 bits per heavy atom. The quantitative estimate of drug-likeness (QED) is 0.730. The molecule has 0 bridgehead atoms. The van der Waals surface area contributed by atoms with Crippen LogP contribution in [-0.4, -0.2) is 26.4 Å². The molecule has 20 heavy (non-hydrogen) atoms. The van der Waals surface area contributed by atoms with Crippen LogP contribution < -0.4 is 15.8 Å². The van der Waals surface area contributed by atoms with Crippen molar-refractivity contribution in [3.05, 3.63) is 24.3 Å². The van der Waals surface area contributed by atoms with E-state index in [9.17, 15) is 13.2 Å². The van der Waals surface area contributed by atoms with Gasteiger partial charge >= 0.3 is 0 Å². The lowest BCUT2D eigenvalue weighted by Gasteiger charge is -2.17. The second-order valence-corrected chi connectivity index (χ2v) is 7.01. The molecule has 1 aromatic rings. The summed E-state index contributed by atoms with van der Waals surface area (Å²) in [6.07, 6.45) is 0.185. The van der Waals surface area contributed by atoms with Gasteiger partial charge in [-0.2, -0.15) is 0 Å². The van der Waals surface area contributed by atoms with Gasteiger partial charge < -0.3 is 11.1 Å². The molecule has 0 aromatic heterocycles. The zero-order valence-corrected chi connectivity index (χ0v) is 12.8. The Kier molecular flexibility index (Phi) is 5.27. The van der Waals surface area contributed by atoms with Gasteiger partial charge in [0, 0.05) is 24.2 Å². The van der Waals surface area contributed by atoms with E-state index < -0.39 is 15.6 Å². The number of sulfonamides is 1. The molecule has 6 nitrogen and oxygen atoms in total. The van der Waals surface area contributed by atoms with Crippen LogP contribution in [0.3, 0.4) is 0 Å². The highest BCUT2D eigenvalue weighted by Gasteiger charge is 2.17. The van der Waals surface area contributed by atoms with E-state index in [1.54, 1.807) is 32.9 Å². The highest BCUT2D eigenvalue weighted by atomic mass is 32.2. The van der Waals surface area contributed by atoms with E-state index in [4.69, 9.17) is 5.73 Å². The van der Waals surface area contributed by atoms with Gasteiger partial charge in [-0.25, -0.2) is 13.1 Å². The maximum Gasteiger partial charge on any atom is 0.240 e. The molecule has 7 heteroatoms. The summed E-state index contributed by atoms with van der Waals surface area (Å²) < 4.78 is 25.9. The van der Waals surface area contributed by atoms with Gasteiger partial charge in [-0.3, -0.25) is 4.79 Å². The number of nitrogens with one attached hydrogen (secondary N) is 2. The third kappa shape index (κ3) is 5.28. The molecular weight excluding hydrogens is 278 g/mol. The summed E-state index contributed by atoms with van der Waals surface area (Å²) in [4.78, 5) is 11.9. The normalized spacial score (nSPS) is 12.2. The molecule has 0 unspecified atom stereocenters. The first-order valence-corrected chi connectivity index (χ1v) is 7.81. The van der Waals surface area contributed by atoms with E-state index in [1.165, 1.54) is 12.1 Å². The summed E-state index contributed by atoms with van der Waals surface area (Å²) in [5, 5.41) is 2.67. The Morgan fingerprint density at radius 2 is 1.80 bits per heavy atom. The summed E-state index contributed by atoms with van der Waals surface area (Å²) in [6.45, 7) is 5.56. The SMILES string of the molecule is CCNS(=O)(=O)c1ccc(NC(=O)CC(C)(C)N)cc1. The number of rotatable bonds is 6. The van der Waals surface area contributed by atoms with Crippen LogP contribution in [0.5, 0.6) is 0 Å². The monoisotopic (exact) mass is 299 g/mol. The number of hydrogen-bond acceptors (Lipinski definition) is 4. The molecule has 0 aliphatic rings. The first-order valence-electron chi connectivity index (χ1n) is 6.32. The number of hydrogen-bond donors (Lipinski definition) is 3. The van der Waals surface area contributed by atoms with Crippen molar-refractivity contribution in [3.63, 3.8) is 0 Å². The minimum atomic E-state index is -3.47. The van der Waals surface area contributed by atoms with Crippen LogP contribution in [-0.2, 0) is 14.8 Å². The summed E-state index contributed by atoms with van der Waals surface area (Å²) >= 11 is 0. The van der Waals surface area contributed by atoms with Crippen LogP contribution in [0.15, 0.2) is 29.2 Å². The maximum atomic E-state index is 11.7. The van der Waals surface area contributed by atoms with Gasteiger partial charge in [-0.15, -0.1) is 0 Å². The Balaban J connectivity index is 2.75. The van der Waals surface area contributed by atoms with Crippen molar-refractivity contribution in [1.82, 2.24) is 4.72 Å². The van der Waals surface area contributed by atoms with E-state index >= 15 is 0 Å². The zero-order valence-electron chi connectivity index (χ0n) is 11.9. The van der Waals surface area contributed by atoms with Crippen molar-refractivity contribution in [2.75, 3.05) is 11.9 Å². The summed E-state index contributed by atoms with van der Waals surface area (Å²) in [7, 11) is -3.47. The fourth-order valence-electron chi connectivity index (χ4n) is 1.61. The first-order chi connectivity index (χ1) is 9.14. The van der Waals surface area contributed by atoms with Crippen molar-refractivity contribution in [3.8, 4) is 0 Å². The summed E-state index contributed by atoms with van der Waals surface area (Å²) in [5.74, 6) is -0.209. The fourth-order valence-corrected chi connectivity index (χ4v) is 2.65. The maximum absolute atomic E-state index is 11.7. The van der Waals surface area contributed by atoms with Crippen LogP contribution >= 0.6 is 0 Å². The van der Waals surface area contributed by atoms with E-state index in [-0.39, 0.29) is 17.2 Å². The molecule has 0 saturated heterocycles. The third-order valence-corrected chi connectivity index (χ3v) is 3.96. The van der Waals surface area contributed by atoms with Crippen LogP contribution in [0.1, 0.15) is 27.2 Å². The number of amides is 1. The predicted molar refractivity (Wildman–Crippen MR) is 78.8 cm³/mol. The number of carbonyl (C=O) groups excluding carboxylic acids is 1. The molecule has 4 N–H and O–H groups in total. The fraction of sp³-hybridized carbons (Fsp3) is 0.462. The van der Waals surface area contributed by atoms with Crippen LogP contribution in [0, 0.1) is 0 Å². The van der Waals surface area contributed by atoms with Gasteiger partial charge in [-0.1, -0.05) is 6.92 Å². The van der Waals surface area contributed by atoms with Gasteiger partial charge in [0.05, 0.1) is 4.90 Å². The number of nitrogens with two attached hydrogens (primary N) is 1. The van der Waals surface area contributed by atoms with E-state index in [1.807, 2.05) is 0 Å². The Bertz CT molecular complexity index is 560. The molecule has 0 heterocycles. The number of benzene rings is 1. The molecule has 112 valence electrons. The van der Waals surface area contributed by atoms with Crippen molar-refractivity contribution in [1.29, 1.82) is 0 Å². The predicted octanol–water partition coefficient (Wildman–Crippen LogP) is 1.05. The molecule has 0 aliphatic heterocycles. The van der Waals surface area contributed by atoms with Crippen molar-refractivity contribution >= 4 is 21.6 Å². The second kappa shape index (κ2) is 6.34. The molecule has 0 radical (unpaired) electrons. The highest BCUT2D eigenvalue weighted by Crippen LogP contribution is 2.15. The first kappa shape index (κ1) is 16.6. The number of anilines is 1. The van der Waals surface area contributed by atoms with E-state index in [0.29, 0.717) is 12.2 Å². The molecule has 0 spiro atoms. The Hall–Kier alpha value is -1.44. The van der Waals surface area contributed by atoms with E-state index in [0.717, 1.165) is 0 Å². The number of carbonyl (C=O) groups is 1. The highest BCUT2D eigenvalue weighted by molar-refractivity contribution is 7.89. The third-order valence-electron chi connectivity index (χ3n) is 2.40. The largest absolute Gasteiger partial charge is 0.326 e. The molecule has 0 atom stereocenters. The minimum Gasteiger partial charge on any atom is -0.326 e.